The van der Waals surface area contributed by atoms with Crippen molar-refractivity contribution < 1.29 is 18.5 Å². The van der Waals surface area contributed by atoms with Crippen LogP contribution in [-0.4, -0.2) is 28.4 Å². The van der Waals surface area contributed by atoms with Gasteiger partial charge in [-0.15, -0.1) is 0 Å². The average molecular weight is 400 g/mol. The van der Waals surface area contributed by atoms with Crippen LogP contribution in [0, 0.1) is 0 Å². The molecule has 0 aromatic heterocycles. The number of carbonyl (C=O) groups excluding carboxylic acids is 2. The summed E-state index contributed by atoms with van der Waals surface area (Å²) in [5.41, 5.74) is 0.541. The van der Waals surface area contributed by atoms with Gasteiger partial charge in [0.05, 0.1) is 32.0 Å². The zero-order valence-corrected chi connectivity index (χ0v) is 15.6. The lowest BCUT2D eigenvalue weighted by Gasteiger charge is -2.10. The van der Waals surface area contributed by atoms with Gasteiger partial charge in [-0.05, 0) is 30.3 Å². The van der Waals surface area contributed by atoms with Crippen molar-refractivity contribution in [1.82, 2.24) is 0 Å². The monoisotopic (exact) mass is 399 g/mol. The van der Waals surface area contributed by atoms with E-state index in [4.69, 9.17) is 27.9 Å². The van der Waals surface area contributed by atoms with Crippen molar-refractivity contribution >= 4 is 51.6 Å². The molecule has 8 heteroatoms. The van der Waals surface area contributed by atoms with Crippen LogP contribution in [0.1, 0.15) is 17.3 Å². The van der Waals surface area contributed by atoms with E-state index in [9.17, 15) is 13.8 Å². The van der Waals surface area contributed by atoms with Gasteiger partial charge in [-0.25, -0.2) is 4.79 Å². The first-order valence-electron chi connectivity index (χ1n) is 7.31. The Kier molecular flexibility index (Phi) is 6.99. The molecule has 25 heavy (non-hydrogen) atoms. The van der Waals surface area contributed by atoms with Gasteiger partial charge in [0.1, 0.15) is 0 Å². The van der Waals surface area contributed by atoms with Crippen molar-refractivity contribution in [1.29, 1.82) is 0 Å². The summed E-state index contributed by atoms with van der Waals surface area (Å²) in [6.45, 7) is 1.26. The van der Waals surface area contributed by atoms with Gasteiger partial charge in [0.25, 0.3) is 5.91 Å². The number of halogens is 2. The molecule has 0 aliphatic rings. The van der Waals surface area contributed by atoms with E-state index in [0.717, 1.165) is 0 Å². The second kappa shape index (κ2) is 8.99. The smallest absolute Gasteiger partial charge is 0.339 e. The summed E-state index contributed by atoms with van der Waals surface area (Å²) in [6, 6.07) is 11.1. The summed E-state index contributed by atoms with van der Waals surface area (Å²) in [4.78, 5) is 24.5. The first kappa shape index (κ1) is 19.4. The van der Waals surface area contributed by atoms with E-state index in [-0.39, 0.29) is 10.6 Å². The number of hydrogen-bond acceptors (Lipinski definition) is 4. The molecule has 1 N–H and O–H groups in total. The van der Waals surface area contributed by atoms with E-state index in [1.807, 2.05) is 0 Å². The summed E-state index contributed by atoms with van der Waals surface area (Å²) in [6.07, 6.45) is 0. The van der Waals surface area contributed by atoms with Gasteiger partial charge in [0.15, 0.2) is 6.61 Å². The minimum atomic E-state index is -1.30. The highest BCUT2D eigenvalue weighted by Gasteiger charge is 2.17. The lowest BCUT2D eigenvalue weighted by atomic mass is 10.2. The molecule has 0 saturated heterocycles. The fraction of sp³-hybridized carbons (Fsp3) is 0.176. The highest BCUT2D eigenvalue weighted by atomic mass is 35.5. The van der Waals surface area contributed by atoms with E-state index < -0.39 is 29.3 Å². The van der Waals surface area contributed by atoms with Crippen molar-refractivity contribution in [3.05, 3.63) is 58.1 Å². The Hall–Kier alpha value is -1.89. The Balaban J connectivity index is 2.00. The Morgan fingerprint density at radius 1 is 1.16 bits per heavy atom. The van der Waals surface area contributed by atoms with Crippen LogP contribution in [0.2, 0.25) is 10.0 Å². The largest absolute Gasteiger partial charge is 0.452 e. The topological polar surface area (TPSA) is 72.5 Å². The molecule has 1 amide bonds. The Bertz CT molecular complexity index is 826. The number of nitrogens with one attached hydrogen (secondary N) is 1. The van der Waals surface area contributed by atoms with E-state index in [1.165, 1.54) is 12.1 Å². The first-order chi connectivity index (χ1) is 11.9. The molecule has 0 aliphatic carbocycles. The number of hydrogen-bond donors (Lipinski definition) is 1. The maximum Gasteiger partial charge on any atom is 0.339 e. The Labute approximate surface area is 157 Å². The molecule has 2 aromatic rings. The molecule has 0 radical (unpaired) electrons. The average Bonchev–Trinajstić information content (AvgIpc) is 2.61. The minimum Gasteiger partial charge on any atom is -0.452 e. The minimum absolute atomic E-state index is 0.181. The van der Waals surface area contributed by atoms with Gasteiger partial charge in [0.2, 0.25) is 0 Å². The third kappa shape index (κ3) is 5.29. The second-order valence-electron chi connectivity index (χ2n) is 4.88. The van der Waals surface area contributed by atoms with E-state index in [0.29, 0.717) is 21.4 Å². The highest BCUT2D eigenvalue weighted by molar-refractivity contribution is 7.85. The zero-order chi connectivity index (χ0) is 18.4. The molecular weight excluding hydrogens is 385 g/mol. The summed E-state index contributed by atoms with van der Waals surface area (Å²) in [7, 11) is -1.30. The predicted octanol–water partition coefficient (Wildman–Crippen LogP) is 3.92. The molecule has 2 rings (SSSR count). The van der Waals surface area contributed by atoms with Gasteiger partial charge in [-0.2, -0.15) is 0 Å². The standard InChI is InChI=1S/C17H15Cl2NO4S/c1-2-25(23)15-6-4-3-5-12(15)17(22)24-10-16(21)20-14-8-7-11(18)9-13(14)19/h3-9H,2,10H2,1H3,(H,20,21)/t25-/m0/s1. The number of amides is 1. The molecule has 0 saturated carbocycles. The van der Waals surface area contributed by atoms with Crippen LogP contribution in [0.15, 0.2) is 47.4 Å². The van der Waals surface area contributed by atoms with Crippen molar-refractivity contribution in [2.75, 3.05) is 17.7 Å². The van der Waals surface area contributed by atoms with Crippen molar-refractivity contribution in [2.24, 2.45) is 0 Å². The van der Waals surface area contributed by atoms with Crippen LogP contribution in [0.25, 0.3) is 0 Å². The molecule has 0 unspecified atom stereocenters. The van der Waals surface area contributed by atoms with Crippen LogP contribution < -0.4 is 5.32 Å². The molecule has 2 aromatic carbocycles. The third-order valence-electron chi connectivity index (χ3n) is 3.15. The molecule has 1 atom stereocenters. The van der Waals surface area contributed by atoms with Crippen LogP contribution in [-0.2, 0) is 20.3 Å². The van der Waals surface area contributed by atoms with E-state index in [2.05, 4.69) is 5.32 Å². The number of anilines is 1. The van der Waals surface area contributed by atoms with Crippen LogP contribution in [0.4, 0.5) is 5.69 Å². The molecule has 0 bridgehead atoms. The first-order valence-corrected chi connectivity index (χ1v) is 9.39. The maximum atomic E-state index is 12.2. The number of benzene rings is 2. The summed E-state index contributed by atoms with van der Waals surface area (Å²) < 4.78 is 17.0. The van der Waals surface area contributed by atoms with E-state index >= 15 is 0 Å². The van der Waals surface area contributed by atoms with Gasteiger partial charge >= 0.3 is 5.97 Å². The Morgan fingerprint density at radius 2 is 1.88 bits per heavy atom. The quantitative estimate of drug-likeness (QED) is 0.747. The summed E-state index contributed by atoms with van der Waals surface area (Å²) in [5.74, 6) is -0.888. The molecule has 0 spiro atoms. The van der Waals surface area contributed by atoms with Gasteiger partial charge in [-0.3, -0.25) is 9.00 Å². The molecule has 5 nitrogen and oxygen atoms in total. The predicted molar refractivity (Wildman–Crippen MR) is 98.8 cm³/mol. The lowest BCUT2D eigenvalue weighted by Crippen LogP contribution is -2.21. The second-order valence-corrected chi connectivity index (χ2v) is 7.43. The van der Waals surface area contributed by atoms with Gasteiger partial charge < -0.3 is 10.1 Å². The molecule has 0 heterocycles. The van der Waals surface area contributed by atoms with Crippen LogP contribution in [0.3, 0.4) is 0 Å². The molecule has 132 valence electrons. The van der Waals surface area contributed by atoms with Crippen molar-refractivity contribution in [3.63, 3.8) is 0 Å². The molecule has 0 aliphatic heterocycles. The molecular formula is C17H15Cl2NO4S. The number of rotatable bonds is 6. The van der Waals surface area contributed by atoms with Gasteiger partial charge in [0, 0.05) is 10.8 Å². The SMILES string of the molecule is CC[S@](=O)c1ccccc1C(=O)OCC(=O)Nc1ccc(Cl)cc1Cl. The number of esters is 1. The number of carbonyl (C=O) groups is 2. The van der Waals surface area contributed by atoms with Crippen molar-refractivity contribution in [3.8, 4) is 0 Å². The lowest BCUT2D eigenvalue weighted by molar-refractivity contribution is -0.119. The van der Waals surface area contributed by atoms with Crippen molar-refractivity contribution in [2.45, 2.75) is 11.8 Å². The zero-order valence-electron chi connectivity index (χ0n) is 13.3. The summed E-state index contributed by atoms with van der Waals surface area (Å²) >= 11 is 11.7. The summed E-state index contributed by atoms with van der Waals surface area (Å²) in [5, 5.41) is 3.24. The highest BCUT2D eigenvalue weighted by Crippen LogP contribution is 2.25. The van der Waals surface area contributed by atoms with Crippen LogP contribution in [0.5, 0.6) is 0 Å². The third-order valence-corrected chi connectivity index (χ3v) is 5.07. The maximum absolute atomic E-state index is 12.2. The Morgan fingerprint density at radius 3 is 2.56 bits per heavy atom. The van der Waals surface area contributed by atoms with Crippen LogP contribution >= 0.6 is 23.2 Å². The number of ether oxygens (including phenoxy) is 1. The fourth-order valence-corrected chi connectivity index (χ4v) is 3.37. The fourth-order valence-electron chi connectivity index (χ4n) is 1.98. The molecule has 0 fully saturated rings. The normalized spacial score (nSPS) is 11.6. The van der Waals surface area contributed by atoms with E-state index in [1.54, 1.807) is 37.3 Å². The van der Waals surface area contributed by atoms with Gasteiger partial charge in [-0.1, -0.05) is 42.3 Å².